The topological polar surface area (TPSA) is 26.3 Å². The highest BCUT2D eigenvalue weighted by Gasteiger charge is 2.29. The molecule has 1 aliphatic rings. The maximum atomic E-state index is 11.1. The number of ether oxygens (including phenoxy) is 1. The van der Waals surface area contributed by atoms with Crippen molar-refractivity contribution in [3.05, 3.63) is 35.4 Å². The van der Waals surface area contributed by atoms with Gasteiger partial charge < -0.3 is 4.74 Å². The maximum Gasteiger partial charge on any atom is 0.302 e. The molecule has 0 unspecified atom stereocenters. The SMILES string of the molecule is CS[C@H]1Cc2ccccc2C[C@@H]1OC(C)=O. The lowest BCUT2D eigenvalue weighted by Crippen LogP contribution is -2.36. The molecule has 1 aromatic carbocycles. The summed E-state index contributed by atoms with van der Waals surface area (Å²) in [5.74, 6) is -0.177. The minimum Gasteiger partial charge on any atom is -0.461 e. The number of carbonyl (C=O) groups is 1. The van der Waals surface area contributed by atoms with Gasteiger partial charge in [-0.05, 0) is 23.8 Å². The van der Waals surface area contributed by atoms with Crippen molar-refractivity contribution in [2.75, 3.05) is 6.26 Å². The number of esters is 1. The van der Waals surface area contributed by atoms with Crippen LogP contribution in [0.4, 0.5) is 0 Å². The molecule has 0 N–H and O–H groups in total. The van der Waals surface area contributed by atoms with Crippen molar-refractivity contribution in [1.82, 2.24) is 0 Å². The third-order valence-corrected chi connectivity index (χ3v) is 4.07. The van der Waals surface area contributed by atoms with Crippen LogP contribution in [0.1, 0.15) is 18.1 Å². The predicted molar refractivity (Wildman–Crippen MR) is 66.7 cm³/mol. The van der Waals surface area contributed by atoms with Gasteiger partial charge in [-0.2, -0.15) is 11.8 Å². The molecule has 86 valence electrons. The van der Waals surface area contributed by atoms with Gasteiger partial charge in [-0.3, -0.25) is 4.79 Å². The predicted octanol–water partition coefficient (Wildman–Crippen LogP) is 2.45. The zero-order valence-corrected chi connectivity index (χ0v) is 10.4. The summed E-state index contributed by atoms with van der Waals surface area (Å²) in [6.45, 7) is 1.48. The smallest absolute Gasteiger partial charge is 0.302 e. The van der Waals surface area contributed by atoms with Crippen LogP contribution in [-0.4, -0.2) is 23.6 Å². The molecule has 1 aliphatic carbocycles. The molecule has 2 nitrogen and oxygen atoms in total. The van der Waals surface area contributed by atoms with Crippen molar-refractivity contribution in [3.8, 4) is 0 Å². The van der Waals surface area contributed by atoms with Gasteiger partial charge in [0.2, 0.25) is 0 Å². The van der Waals surface area contributed by atoms with E-state index in [1.54, 1.807) is 11.8 Å². The summed E-state index contributed by atoms with van der Waals surface area (Å²) in [6, 6.07) is 8.41. The lowest BCUT2D eigenvalue weighted by molar-refractivity contribution is -0.146. The molecule has 0 amide bonds. The van der Waals surface area contributed by atoms with Gasteiger partial charge >= 0.3 is 5.97 Å². The van der Waals surface area contributed by atoms with E-state index in [9.17, 15) is 4.79 Å². The van der Waals surface area contributed by atoms with Crippen LogP contribution < -0.4 is 0 Å². The summed E-state index contributed by atoms with van der Waals surface area (Å²) < 4.78 is 5.39. The van der Waals surface area contributed by atoms with Crippen LogP contribution in [0.3, 0.4) is 0 Å². The summed E-state index contributed by atoms with van der Waals surface area (Å²) in [6.07, 6.45) is 3.95. The molecule has 3 heteroatoms. The highest BCUT2D eigenvalue weighted by atomic mass is 32.2. The zero-order chi connectivity index (χ0) is 11.5. The van der Waals surface area contributed by atoms with E-state index in [1.807, 2.05) is 6.07 Å². The molecule has 0 saturated heterocycles. The Kier molecular flexibility index (Phi) is 3.54. The van der Waals surface area contributed by atoms with E-state index < -0.39 is 0 Å². The molecular formula is C13H16O2S. The Bertz CT molecular complexity index is 389. The van der Waals surface area contributed by atoms with Crippen LogP contribution in [0.25, 0.3) is 0 Å². The van der Waals surface area contributed by atoms with Crippen LogP contribution >= 0.6 is 11.8 Å². The van der Waals surface area contributed by atoms with E-state index in [4.69, 9.17) is 4.74 Å². The largest absolute Gasteiger partial charge is 0.461 e. The lowest BCUT2D eigenvalue weighted by atomic mass is 9.89. The normalized spacial score (nSPS) is 23.6. The van der Waals surface area contributed by atoms with E-state index in [2.05, 4.69) is 24.5 Å². The second-order valence-electron chi connectivity index (χ2n) is 4.10. The van der Waals surface area contributed by atoms with Crippen molar-refractivity contribution in [2.24, 2.45) is 0 Å². The van der Waals surface area contributed by atoms with Gasteiger partial charge in [-0.1, -0.05) is 24.3 Å². The Hall–Kier alpha value is -0.960. The fraction of sp³-hybridized carbons (Fsp3) is 0.462. The van der Waals surface area contributed by atoms with Crippen molar-refractivity contribution in [2.45, 2.75) is 31.1 Å². The number of hydrogen-bond donors (Lipinski definition) is 0. The fourth-order valence-electron chi connectivity index (χ4n) is 2.22. The highest BCUT2D eigenvalue weighted by Crippen LogP contribution is 2.29. The first-order valence-electron chi connectivity index (χ1n) is 5.47. The second kappa shape index (κ2) is 4.91. The first kappa shape index (κ1) is 11.5. The molecule has 0 radical (unpaired) electrons. The number of hydrogen-bond acceptors (Lipinski definition) is 3. The zero-order valence-electron chi connectivity index (χ0n) is 9.60. The van der Waals surface area contributed by atoms with Crippen LogP contribution in [0.5, 0.6) is 0 Å². The third kappa shape index (κ3) is 2.40. The number of carbonyl (C=O) groups excluding carboxylic acids is 1. The first-order valence-corrected chi connectivity index (χ1v) is 6.76. The van der Waals surface area contributed by atoms with Crippen LogP contribution in [0.2, 0.25) is 0 Å². The molecule has 0 aromatic heterocycles. The maximum absolute atomic E-state index is 11.1. The van der Waals surface area contributed by atoms with Crippen molar-refractivity contribution >= 4 is 17.7 Å². The summed E-state index contributed by atoms with van der Waals surface area (Å²) in [4.78, 5) is 11.1. The molecule has 2 rings (SSSR count). The van der Waals surface area contributed by atoms with Gasteiger partial charge in [-0.25, -0.2) is 0 Å². The van der Waals surface area contributed by atoms with Gasteiger partial charge in [0.05, 0.1) is 0 Å². The number of thioether (sulfide) groups is 1. The van der Waals surface area contributed by atoms with Gasteiger partial charge in [0.15, 0.2) is 0 Å². The molecule has 0 fully saturated rings. The van der Waals surface area contributed by atoms with Crippen LogP contribution in [0, 0.1) is 0 Å². The molecule has 0 heterocycles. The Morgan fingerprint density at radius 1 is 1.31 bits per heavy atom. The average molecular weight is 236 g/mol. The molecule has 0 aliphatic heterocycles. The minimum absolute atomic E-state index is 0.0300. The Morgan fingerprint density at radius 3 is 2.50 bits per heavy atom. The fourth-order valence-corrected chi connectivity index (χ4v) is 3.02. The number of fused-ring (bicyclic) bond motifs is 1. The molecule has 0 saturated carbocycles. The van der Waals surface area contributed by atoms with E-state index >= 15 is 0 Å². The van der Waals surface area contributed by atoms with E-state index in [1.165, 1.54) is 18.1 Å². The number of benzene rings is 1. The van der Waals surface area contributed by atoms with Crippen LogP contribution in [0.15, 0.2) is 24.3 Å². The van der Waals surface area contributed by atoms with Gasteiger partial charge in [0.1, 0.15) is 6.10 Å². The molecule has 16 heavy (non-hydrogen) atoms. The Labute approximate surface area is 100 Å². The molecule has 1 aromatic rings. The summed E-state index contributed by atoms with van der Waals surface area (Å²) in [5, 5.41) is 0.388. The van der Waals surface area contributed by atoms with E-state index in [0.29, 0.717) is 5.25 Å². The lowest BCUT2D eigenvalue weighted by Gasteiger charge is -2.31. The van der Waals surface area contributed by atoms with Gasteiger partial charge in [-0.15, -0.1) is 0 Å². The average Bonchev–Trinajstić information content (AvgIpc) is 2.27. The standard InChI is InChI=1S/C13H16O2S/c1-9(14)15-12-7-10-5-3-4-6-11(10)8-13(12)16-2/h3-6,12-13H,7-8H2,1-2H3/t12-,13-/m0/s1. The van der Waals surface area contributed by atoms with Crippen LogP contribution in [-0.2, 0) is 22.4 Å². The summed E-state index contributed by atoms with van der Waals surface area (Å²) >= 11 is 1.78. The van der Waals surface area contributed by atoms with E-state index in [-0.39, 0.29) is 12.1 Å². The second-order valence-corrected chi connectivity index (χ2v) is 5.18. The highest BCUT2D eigenvalue weighted by molar-refractivity contribution is 7.99. The summed E-state index contributed by atoms with van der Waals surface area (Å²) in [5.41, 5.74) is 2.71. The van der Waals surface area contributed by atoms with Crippen molar-refractivity contribution in [3.63, 3.8) is 0 Å². The Balaban J connectivity index is 2.20. The van der Waals surface area contributed by atoms with E-state index in [0.717, 1.165) is 12.8 Å². The quantitative estimate of drug-likeness (QED) is 0.738. The first-order chi connectivity index (χ1) is 7.70. The Morgan fingerprint density at radius 2 is 1.94 bits per heavy atom. The minimum atomic E-state index is -0.177. The molecular weight excluding hydrogens is 220 g/mol. The molecule has 2 atom stereocenters. The molecule has 0 spiro atoms. The monoisotopic (exact) mass is 236 g/mol. The summed E-state index contributed by atoms with van der Waals surface area (Å²) in [7, 11) is 0. The molecule has 0 bridgehead atoms. The third-order valence-electron chi connectivity index (χ3n) is 3.00. The van der Waals surface area contributed by atoms with Crippen molar-refractivity contribution < 1.29 is 9.53 Å². The van der Waals surface area contributed by atoms with Crippen molar-refractivity contribution in [1.29, 1.82) is 0 Å². The number of rotatable bonds is 2. The van der Waals surface area contributed by atoms with Gasteiger partial charge in [0, 0.05) is 18.6 Å². The van der Waals surface area contributed by atoms with Gasteiger partial charge in [0.25, 0.3) is 0 Å².